The highest BCUT2D eigenvalue weighted by Crippen LogP contribution is 2.48. The number of hydrogen-bond donors (Lipinski definition) is 1. The summed E-state index contributed by atoms with van der Waals surface area (Å²) in [5, 5.41) is 3.42. The minimum atomic E-state index is -3.01. The van der Waals surface area contributed by atoms with Crippen LogP contribution in [0.3, 0.4) is 0 Å². The summed E-state index contributed by atoms with van der Waals surface area (Å²) >= 11 is 1.35. The van der Waals surface area contributed by atoms with Crippen molar-refractivity contribution in [3.05, 3.63) is 59.5 Å². The number of thiazole rings is 1. The molecule has 0 saturated carbocycles. The minimum absolute atomic E-state index is 0.0115. The second-order valence-electron chi connectivity index (χ2n) is 9.25. The Bertz CT molecular complexity index is 1560. The monoisotopic (exact) mass is 530 g/mol. The number of nitrogens with zero attached hydrogens (tertiary/aromatic N) is 3. The first-order chi connectivity index (χ1) is 17.2. The highest BCUT2D eigenvalue weighted by atomic mass is 32.1. The Morgan fingerprint density at radius 2 is 2.11 bits per heavy atom. The van der Waals surface area contributed by atoms with Gasteiger partial charge < -0.3 is 23.9 Å². The summed E-state index contributed by atoms with van der Waals surface area (Å²) in [7, 11) is -2.34. The van der Waals surface area contributed by atoms with Crippen LogP contribution in [0.1, 0.15) is 40.3 Å². The first kappa shape index (κ1) is 23.1. The van der Waals surface area contributed by atoms with Gasteiger partial charge in [-0.15, -0.1) is 0 Å². The first-order valence-electron chi connectivity index (χ1n) is 11.2. The molecular formula is C24H21F2N4O4PS. The highest BCUT2D eigenvalue weighted by molar-refractivity contribution is 7.62. The summed E-state index contributed by atoms with van der Waals surface area (Å²) in [6, 6.07) is 9.66. The maximum Gasteiger partial charge on any atom is 0.387 e. The molecule has 0 saturated heterocycles. The van der Waals surface area contributed by atoms with E-state index in [1.165, 1.54) is 17.4 Å². The van der Waals surface area contributed by atoms with Crippen molar-refractivity contribution in [2.24, 2.45) is 0 Å². The fourth-order valence-electron chi connectivity index (χ4n) is 4.83. The van der Waals surface area contributed by atoms with Crippen molar-refractivity contribution in [2.75, 3.05) is 19.7 Å². The molecule has 2 atom stereocenters. The van der Waals surface area contributed by atoms with Crippen LogP contribution in [0.5, 0.6) is 10.9 Å². The Hall–Kier alpha value is -3.30. The summed E-state index contributed by atoms with van der Waals surface area (Å²) < 4.78 is 50.8. The number of rotatable bonds is 6. The van der Waals surface area contributed by atoms with Gasteiger partial charge in [0.1, 0.15) is 25.1 Å². The van der Waals surface area contributed by atoms with Crippen LogP contribution in [0.2, 0.25) is 0 Å². The van der Waals surface area contributed by atoms with E-state index in [9.17, 15) is 18.1 Å². The van der Waals surface area contributed by atoms with E-state index in [1.807, 2.05) is 22.8 Å². The SMILES string of the molecule is CP(C)(=O)COc1ncc(-c2ccc3nc4n(c3c2)C2CC4NC(=O)c3cccc(OC(F)F)c32)s1. The van der Waals surface area contributed by atoms with E-state index in [-0.39, 0.29) is 24.0 Å². The van der Waals surface area contributed by atoms with E-state index >= 15 is 0 Å². The van der Waals surface area contributed by atoms with E-state index < -0.39 is 19.8 Å². The third kappa shape index (κ3) is 3.96. The number of ether oxygens (including phenoxy) is 2. The quantitative estimate of drug-likeness (QED) is 0.331. The molecule has 0 aliphatic carbocycles. The molecule has 4 heterocycles. The molecule has 8 nitrogen and oxygen atoms in total. The fraction of sp³-hybridized carbons (Fsp3) is 0.292. The molecule has 2 bridgehead atoms. The third-order valence-electron chi connectivity index (χ3n) is 6.23. The summed E-state index contributed by atoms with van der Waals surface area (Å²) in [6.07, 6.45) is 2.30. The van der Waals surface area contributed by atoms with Gasteiger partial charge in [-0.05, 0) is 49.6 Å². The lowest BCUT2D eigenvalue weighted by atomic mass is 9.97. The number of aromatic nitrogens is 3. The predicted octanol–water partition coefficient (Wildman–Crippen LogP) is 5.50. The number of carbonyl (C=O) groups excluding carboxylic acids is 1. The van der Waals surface area contributed by atoms with Gasteiger partial charge in [0.25, 0.3) is 11.1 Å². The number of imidazole rings is 1. The number of halogens is 2. The zero-order chi connectivity index (χ0) is 25.2. The van der Waals surface area contributed by atoms with E-state index in [2.05, 4.69) is 10.3 Å². The van der Waals surface area contributed by atoms with Gasteiger partial charge in [0.05, 0.1) is 28.0 Å². The standard InChI is InChI=1S/C24H21F2N4O4PS/c1-35(2,32)11-33-24-27-10-19(36-24)12-6-7-14-16(8-12)30-17-9-15(21(30)28-14)29-22(31)13-4-3-5-18(20(13)17)34-23(25)26/h3-8,10,15,17,23H,9,11H2,1-2H3,(H,29,31). The molecular weight excluding hydrogens is 509 g/mol. The van der Waals surface area contributed by atoms with Crippen molar-refractivity contribution in [1.82, 2.24) is 19.9 Å². The lowest BCUT2D eigenvalue weighted by Crippen LogP contribution is -2.28. The Morgan fingerprint density at radius 1 is 1.28 bits per heavy atom. The summed E-state index contributed by atoms with van der Waals surface area (Å²) in [6.45, 7) is 0.307. The molecule has 1 N–H and O–H groups in total. The average molecular weight is 530 g/mol. The number of carbonyl (C=O) groups is 1. The van der Waals surface area contributed by atoms with Gasteiger partial charge in [-0.1, -0.05) is 23.5 Å². The smallest absolute Gasteiger partial charge is 0.387 e. The second-order valence-corrected chi connectivity index (χ2v) is 13.7. The van der Waals surface area contributed by atoms with Gasteiger partial charge in [0.15, 0.2) is 0 Å². The van der Waals surface area contributed by atoms with Crippen molar-refractivity contribution >= 4 is 35.4 Å². The normalized spacial score (nSPS) is 18.6. The molecule has 2 unspecified atom stereocenters. The Labute approximate surface area is 208 Å². The van der Waals surface area contributed by atoms with Gasteiger partial charge in [-0.2, -0.15) is 8.78 Å². The Balaban J connectivity index is 1.44. The van der Waals surface area contributed by atoms with Crippen LogP contribution in [0.15, 0.2) is 42.6 Å². The molecule has 6 rings (SSSR count). The third-order valence-corrected chi connectivity index (χ3v) is 7.94. The van der Waals surface area contributed by atoms with Crippen LogP contribution < -0.4 is 14.8 Å². The van der Waals surface area contributed by atoms with Crippen LogP contribution in [0, 0.1) is 0 Å². The number of nitrogens with one attached hydrogen (secondary N) is 1. The van der Waals surface area contributed by atoms with E-state index in [0.29, 0.717) is 28.6 Å². The van der Waals surface area contributed by atoms with Crippen LogP contribution in [-0.4, -0.2) is 46.7 Å². The molecule has 12 heteroatoms. The van der Waals surface area contributed by atoms with Gasteiger partial charge >= 0.3 is 6.61 Å². The topological polar surface area (TPSA) is 95.3 Å². The lowest BCUT2D eigenvalue weighted by molar-refractivity contribution is -0.0507. The van der Waals surface area contributed by atoms with E-state index in [1.54, 1.807) is 31.7 Å². The maximum atomic E-state index is 13.2. The molecule has 2 aromatic heterocycles. The molecule has 2 aromatic carbocycles. The zero-order valence-electron chi connectivity index (χ0n) is 19.3. The molecule has 0 fully saturated rings. The van der Waals surface area contributed by atoms with Gasteiger partial charge in [-0.25, -0.2) is 9.97 Å². The maximum absolute atomic E-state index is 13.2. The fourth-order valence-corrected chi connectivity index (χ4v) is 6.11. The predicted molar refractivity (Wildman–Crippen MR) is 132 cm³/mol. The molecule has 2 aliphatic heterocycles. The number of hydrogen-bond acceptors (Lipinski definition) is 7. The Morgan fingerprint density at radius 3 is 2.89 bits per heavy atom. The number of benzene rings is 2. The van der Waals surface area contributed by atoms with Crippen molar-refractivity contribution in [2.45, 2.75) is 25.1 Å². The van der Waals surface area contributed by atoms with E-state index in [0.717, 1.165) is 21.5 Å². The van der Waals surface area contributed by atoms with Crippen LogP contribution in [0.4, 0.5) is 8.78 Å². The van der Waals surface area contributed by atoms with Crippen molar-refractivity contribution in [3.63, 3.8) is 0 Å². The minimum Gasteiger partial charge on any atom is -0.462 e. The summed E-state index contributed by atoms with van der Waals surface area (Å²) in [5.41, 5.74) is 3.17. The van der Waals surface area contributed by atoms with Crippen molar-refractivity contribution in [1.29, 1.82) is 0 Å². The van der Waals surface area contributed by atoms with Gasteiger partial charge in [0, 0.05) is 17.3 Å². The van der Waals surface area contributed by atoms with Crippen LogP contribution in [-0.2, 0) is 4.57 Å². The molecule has 186 valence electrons. The lowest BCUT2D eigenvalue weighted by Gasteiger charge is -2.21. The van der Waals surface area contributed by atoms with Crippen molar-refractivity contribution < 1.29 is 27.6 Å². The molecule has 1 amide bonds. The summed E-state index contributed by atoms with van der Waals surface area (Å²) in [4.78, 5) is 22.8. The average Bonchev–Trinajstić information content (AvgIpc) is 3.49. The van der Waals surface area contributed by atoms with E-state index in [4.69, 9.17) is 14.5 Å². The first-order valence-corrected chi connectivity index (χ1v) is 14.8. The van der Waals surface area contributed by atoms with Crippen LogP contribution in [0.25, 0.3) is 21.5 Å². The molecule has 4 aromatic rings. The molecule has 2 aliphatic rings. The van der Waals surface area contributed by atoms with Gasteiger partial charge in [0.2, 0.25) is 0 Å². The highest BCUT2D eigenvalue weighted by Gasteiger charge is 2.42. The van der Waals surface area contributed by atoms with Crippen LogP contribution >= 0.6 is 18.5 Å². The van der Waals surface area contributed by atoms with Crippen molar-refractivity contribution in [3.8, 4) is 21.4 Å². The Kier molecular flexibility index (Phi) is 5.38. The molecule has 0 spiro atoms. The largest absolute Gasteiger partial charge is 0.462 e. The molecule has 0 radical (unpaired) electrons. The summed E-state index contributed by atoms with van der Waals surface area (Å²) in [5.74, 6) is 0.326. The second kappa shape index (κ2) is 8.38. The number of alkyl halides is 2. The number of fused-ring (bicyclic) bond motifs is 9. The number of amides is 1. The zero-order valence-corrected chi connectivity index (χ0v) is 21.0. The van der Waals surface area contributed by atoms with Gasteiger partial charge in [-0.3, -0.25) is 4.79 Å². The molecule has 36 heavy (non-hydrogen) atoms.